The van der Waals surface area contributed by atoms with Crippen molar-refractivity contribution in [1.29, 1.82) is 0 Å². The van der Waals surface area contributed by atoms with Crippen LogP contribution in [-0.4, -0.2) is 33.6 Å². The van der Waals surface area contributed by atoms with Gasteiger partial charge in [0.25, 0.3) is 11.8 Å². The highest BCUT2D eigenvalue weighted by atomic mass is 16.2. The summed E-state index contributed by atoms with van der Waals surface area (Å²) in [5, 5.41) is 2.60. The predicted octanol–water partition coefficient (Wildman–Crippen LogP) is 1.47. The molecule has 4 N–H and O–H groups in total. The molecule has 0 saturated heterocycles. The maximum Gasteiger partial charge on any atom is 0.287 e. The van der Waals surface area contributed by atoms with Crippen LogP contribution >= 0.6 is 0 Å². The SMILES string of the molecule is NC(=O)C(=O)C(Cc1ccccc1)NC(=O)c1[nH]cnc1-c1ccccc1. The van der Waals surface area contributed by atoms with E-state index in [2.05, 4.69) is 15.3 Å². The molecule has 0 bridgehead atoms. The second kappa shape index (κ2) is 8.09. The fraction of sp³-hybridized carbons (Fsp3) is 0.100. The first-order chi connectivity index (χ1) is 13.1. The number of aromatic amines is 1. The minimum absolute atomic E-state index is 0.156. The summed E-state index contributed by atoms with van der Waals surface area (Å²) in [5.74, 6) is -2.49. The minimum Gasteiger partial charge on any atom is -0.363 e. The number of hydrogen-bond donors (Lipinski definition) is 3. The first-order valence-electron chi connectivity index (χ1n) is 8.33. The molecule has 7 nitrogen and oxygen atoms in total. The van der Waals surface area contributed by atoms with Crippen molar-refractivity contribution in [3.8, 4) is 11.3 Å². The van der Waals surface area contributed by atoms with E-state index >= 15 is 0 Å². The molecular formula is C20H18N4O3. The number of nitrogens with two attached hydrogens (primary N) is 1. The third kappa shape index (κ3) is 4.27. The van der Waals surface area contributed by atoms with Crippen molar-refractivity contribution in [2.75, 3.05) is 0 Å². The Labute approximate surface area is 155 Å². The van der Waals surface area contributed by atoms with Gasteiger partial charge in [0.2, 0.25) is 5.78 Å². The predicted molar refractivity (Wildman–Crippen MR) is 99.6 cm³/mol. The van der Waals surface area contributed by atoms with Gasteiger partial charge in [0.15, 0.2) is 0 Å². The largest absolute Gasteiger partial charge is 0.363 e. The molecule has 0 radical (unpaired) electrons. The molecule has 0 aliphatic rings. The molecule has 136 valence electrons. The lowest BCUT2D eigenvalue weighted by atomic mass is 10.0. The monoisotopic (exact) mass is 362 g/mol. The summed E-state index contributed by atoms with van der Waals surface area (Å²) in [6, 6.07) is 17.2. The number of H-pyrrole nitrogens is 1. The van der Waals surface area contributed by atoms with Crippen molar-refractivity contribution >= 4 is 17.6 Å². The fourth-order valence-corrected chi connectivity index (χ4v) is 2.74. The number of rotatable bonds is 7. The summed E-state index contributed by atoms with van der Waals surface area (Å²) in [4.78, 5) is 43.3. The molecule has 27 heavy (non-hydrogen) atoms. The molecule has 1 unspecified atom stereocenters. The zero-order chi connectivity index (χ0) is 19.2. The van der Waals surface area contributed by atoms with E-state index < -0.39 is 23.6 Å². The van der Waals surface area contributed by atoms with Gasteiger partial charge in [0, 0.05) is 12.0 Å². The number of primary amides is 1. The summed E-state index contributed by atoms with van der Waals surface area (Å²) in [6.07, 6.45) is 1.56. The molecule has 0 fully saturated rings. The number of carbonyl (C=O) groups is 3. The molecule has 1 aromatic heterocycles. The van der Waals surface area contributed by atoms with E-state index in [4.69, 9.17) is 5.73 Å². The molecule has 0 saturated carbocycles. The number of ketones is 1. The molecule has 1 atom stereocenters. The van der Waals surface area contributed by atoms with Gasteiger partial charge in [-0.3, -0.25) is 14.4 Å². The Balaban J connectivity index is 1.84. The Morgan fingerprint density at radius 3 is 2.26 bits per heavy atom. The minimum atomic E-state index is -1.09. The van der Waals surface area contributed by atoms with E-state index in [1.165, 1.54) is 6.33 Å². The number of benzene rings is 2. The fourth-order valence-electron chi connectivity index (χ4n) is 2.74. The topological polar surface area (TPSA) is 118 Å². The molecule has 0 aliphatic heterocycles. The van der Waals surface area contributed by atoms with Crippen LogP contribution in [0.3, 0.4) is 0 Å². The molecule has 0 spiro atoms. The number of amides is 2. The molecule has 3 aromatic rings. The maximum atomic E-state index is 12.7. The molecule has 7 heteroatoms. The summed E-state index contributed by atoms with van der Waals surface area (Å²) < 4.78 is 0. The quantitative estimate of drug-likeness (QED) is 0.552. The number of imidazole rings is 1. The molecule has 1 heterocycles. The van der Waals surface area contributed by atoms with Crippen molar-refractivity contribution in [2.45, 2.75) is 12.5 Å². The van der Waals surface area contributed by atoms with Gasteiger partial charge in [0.05, 0.1) is 6.33 Å². The van der Waals surface area contributed by atoms with Crippen LogP contribution in [0.4, 0.5) is 0 Å². The molecule has 0 aliphatic carbocycles. The maximum absolute atomic E-state index is 12.7. The zero-order valence-electron chi connectivity index (χ0n) is 14.4. The van der Waals surface area contributed by atoms with Crippen LogP contribution in [0.1, 0.15) is 16.1 Å². The second-order valence-electron chi connectivity index (χ2n) is 5.94. The second-order valence-corrected chi connectivity index (χ2v) is 5.94. The van der Waals surface area contributed by atoms with E-state index in [0.717, 1.165) is 11.1 Å². The van der Waals surface area contributed by atoms with E-state index in [9.17, 15) is 14.4 Å². The average molecular weight is 362 g/mol. The first kappa shape index (κ1) is 18.1. The highest BCUT2D eigenvalue weighted by Gasteiger charge is 2.27. The number of nitrogens with one attached hydrogen (secondary N) is 2. The highest BCUT2D eigenvalue weighted by molar-refractivity contribution is 6.38. The van der Waals surface area contributed by atoms with Crippen molar-refractivity contribution < 1.29 is 14.4 Å². The average Bonchev–Trinajstić information content (AvgIpc) is 3.18. The Morgan fingerprint density at radius 1 is 1.00 bits per heavy atom. The van der Waals surface area contributed by atoms with Gasteiger partial charge in [-0.2, -0.15) is 0 Å². The van der Waals surface area contributed by atoms with Gasteiger partial charge in [-0.05, 0) is 5.56 Å². The van der Waals surface area contributed by atoms with E-state index in [1.807, 2.05) is 48.5 Å². The van der Waals surface area contributed by atoms with Gasteiger partial charge < -0.3 is 16.0 Å². The number of hydrogen-bond acceptors (Lipinski definition) is 4. The lowest BCUT2D eigenvalue weighted by Gasteiger charge is -2.16. The van der Waals surface area contributed by atoms with Crippen molar-refractivity contribution in [3.63, 3.8) is 0 Å². The molecule has 2 aromatic carbocycles. The molecule has 3 rings (SSSR count). The Hall–Kier alpha value is -3.74. The summed E-state index contributed by atoms with van der Waals surface area (Å²) in [5.41, 5.74) is 7.36. The lowest BCUT2D eigenvalue weighted by Crippen LogP contribution is -2.47. The van der Waals surface area contributed by atoms with Crippen LogP contribution in [0.15, 0.2) is 67.0 Å². The van der Waals surface area contributed by atoms with Gasteiger partial charge in [-0.25, -0.2) is 4.98 Å². The Kier molecular flexibility index (Phi) is 5.41. The number of aromatic nitrogens is 2. The van der Waals surface area contributed by atoms with Crippen LogP contribution < -0.4 is 11.1 Å². The van der Waals surface area contributed by atoms with Crippen LogP contribution in [0.2, 0.25) is 0 Å². The Morgan fingerprint density at radius 2 is 1.63 bits per heavy atom. The summed E-state index contributed by atoms with van der Waals surface area (Å²) >= 11 is 0. The summed E-state index contributed by atoms with van der Waals surface area (Å²) in [6.45, 7) is 0. The molecular weight excluding hydrogens is 344 g/mol. The Bertz CT molecular complexity index is 952. The zero-order valence-corrected chi connectivity index (χ0v) is 14.4. The van der Waals surface area contributed by atoms with Gasteiger partial charge in [0.1, 0.15) is 17.4 Å². The van der Waals surface area contributed by atoms with E-state index in [-0.39, 0.29) is 12.1 Å². The van der Waals surface area contributed by atoms with Crippen LogP contribution in [-0.2, 0) is 16.0 Å². The van der Waals surface area contributed by atoms with E-state index in [0.29, 0.717) is 5.69 Å². The smallest absolute Gasteiger partial charge is 0.287 e. The van der Waals surface area contributed by atoms with Crippen LogP contribution in [0, 0.1) is 0 Å². The first-order valence-corrected chi connectivity index (χ1v) is 8.33. The third-order valence-corrected chi connectivity index (χ3v) is 4.06. The van der Waals surface area contributed by atoms with Crippen molar-refractivity contribution in [3.05, 3.63) is 78.2 Å². The van der Waals surface area contributed by atoms with Crippen LogP contribution in [0.5, 0.6) is 0 Å². The summed E-state index contributed by atoms with van der Waals surface area (Å²) in [7, 11) is 0. The number of Topliss-reactive ketones (excluding diaryl/α,β-unsaturated/α-hetero) is 1. The third-order valence-electron chi connectivity index (χ3n) is 4.06. The lowest BCUT2D eigenvalue weighted by molar-refractivity contribution is -0.137. The normalized spacial score (nSPS) is 11.6. The van der Waals surface area contributed by atoms with E-state index in [1.54, 1.807) is 12.1 Å². The van der Waals surface area contributed by atoms with Crippen LogP contribution in [0.25, 0.3) is 11.3 Å². The van der Waals surface area contributed by atoms with Gasteiger partial charge in [-0.15, -0.1) is 0 Å². The standard InChI is InChI=1S/C20H18N4O3/c21-19(26)18(25)15(11-13-7-3-1-4-8-13)24-20(27)17-16(22-12-23-17)14-9-5-2-6-10-14/h1-10,12,15H,11H2,(H2,21,26)(H,22,23)(H,24,27). The number of nitrogens with zero attached hydrogens (tertiary/aromatic N) is 1. The van der Waals surface area contributed by atoms with Crippen molar-refractivity contribution in [1.82, 2.24) is 15.3 Å². The highest BCUT2D eigenvalue weighted by Crippen LogP contribution is 2.20. The number of carbonyl (C=O) groups excluding carboxylic acids is 3. The van der Waals surface area contributed by atoms with Gasteiger partial charge >= 0.3 is 0 Å². The van der Waals surface area contributed by atoms with Gasteiger partial charge in [-0.1, -0.05) is 60.7 Å². The van der Waals surface area contributed by atoms with Crippen molar-refractivity contribution in [2.24, 2.45) is 5.73 Å². The molecule has 2 amide bonds.